The molecule has 4 heteroatoms. The molecule has 2 N–H and O–H groups in total. The van der Waals surface area contributed by atoms with Gasteiger partial charge in [0.05, 0.1) is 6.42 Å². The van der Waals surface area contributed by atoms with E-state index in [9.17, 15) is 9.18 Å². The van der Waals surface area contributed by atoms with Crippen molar-refractivity contribution in [3.8, 4) is 11.1 Å². The third kappa shape index (κ3) is 2.68. The summed E-state index contributed by atoms with van der Waals surface area (Å²) in [6.07, 6.45) is -0.130. The van der Waals surface area contributed by atoms with E-state index in [1.54, 1.807) is 30.3 Å². The minimum absolute atomic E-state index is 0.130. The van der Waals surface area contributed by atoms with Crippen LogP contribution in [0.3, 0.4) is 0 Å². The molecule has 0 aliphatic carbocycles. The first-order chi connectivity index (χ1) is 8.58. The van der Waals surface area contributed by atoms with E-state index in [-0.39, 0.29) is 6.42 Å². The summed E-state index contributed by atoms with van der Waals surface area (Å²) in [6.45, 7) is 0. The molecule has 2 aromatic rings. The molecule has 2 rings (SSSR count). The van der Waals surface area contributed by atoms with E-state index in [0.717, 1.165) is 5.56 Å². The summed E-state index contributed by atoms with van der Waals surface area (Å²) in [4.78, 5) is 11.0. The largest absolute Gasteiger partial charge is 0.369 e. The fourth-order valence-corrected chi connectivity index (χ4v) is 2.03. The number of carbonyl (C=O) groups excluding carboxylic acids is 1. The second kappa shape index (κ2) is 5.19. The number of hydrogen-bond donors (Lipinski definition) is 1. The molecule has 0 atom stereocenters. The molecule has 0 spiro atoms. The zero-order valence-electron chi connectivity index (χ0n) is 9.49. The molecule has 1 amide bonds. The Kier molecular flexibility index (Phi) is 3.63. The number of benzene rings is 2. The Labute approximate surface area is 109 Å². The van der Waals surface area contributed by atoms with Gasteiger partial charge < -0.3 is 5.73 Å². The second-order valence-electron chi connectivity index (χ2n) is 3.92. The lowest BCUT2D eigenvalue weighted by atomic mass is 9.97. The molecule has 0 fully saturated rings. The van der Waals surface area contributed by atoms with E-state index in [1.165, 1.54) is 6.07 Å². The summed E-state index contributed by atoms with van der Waals surface area (Å²) in [7, 11) is 0. The van der Waals surface area contributed by atoms with Gasteiger partial charge in [0, 0.05) is 10.6 Å². The maximum atomic E-state index is 13.8. The zero-order valence-corrected chi connectivity index (χ0v) is 10.2. The molecule has 0 radical (unpaired) electrons. The molecule has 0 aliphatic rings. The smallest absolute Gasteiger partial charge is 0.221 e. The van der Waals surface area contributed by atoms with Crippen molar-refractivity contribution in [3.63, 3.8) is 0 Å². The average Bonchev–Trinajstić information content (AvgIpc) is 2.31. The van der Waals surface area contributed by atoms with Crippen LogP contribution in [0, 0.1) is 5.82 Å². The first-order valence-corrected chi connectivity index (χ1v) is 5.77. The maximum absolute atomic E-state index is 13.8. The summed E-state index contributed by atoms with van der Waals surface area (Å²) in [6, 6.07) is 11.7. The average molecular weight is 264 g/mol. The Balaban J connectivity index is 2.56. The summed E-state index contributed by atoms with van der Waals surface area (Å²) >= 11 is 5.91. The van der Waals surface area contributed by atoms with Crippen molar-refractivity contribution < 1.29 is 9.18 Å². The van der Waals surface area contributed by atoms with Gasteiger partial charge in [-0.1, -0.05) is 35.9 Å². The van der Waals surface area contributed by atoms with Crippen LogP contribution < -0.4 is 5.73 Å². The lowest BCUT2D eigenvalue weighted by molar-refractivity contribution is -0.117. The van der Waals surface area contributed by atoms with Gasteiger partial charge in [0.15, 0.2) is 0 Å². The Hall–Kier alpha value is -1.87. The van der Waals surface area contributed by atoms with Gasteiger partial charge in [-0.3, -0.25) is 4.79 Å². The van der Waals surface area contributed by atoms with Crippen LogP contribution >= 0.6 is 11.6 Å². The molecule has 0 aliphatic heterocycles. The second-order valence-corrected chi connectivity index (χ2v) is 4.36. The zero-order chi connectivity index (χ0) is 13.1. The molecule has 0 saturated heterocycles. The molecule has 2 aromatic carbocycles. The summed E-state index contributed by atoms with van der Waals surface area (Å²) < 4.78 is 13.8. The van der Waals surface area contributed by atoms with Gasteiger partial charge in [-0.2, -0.15) is 0 Å². The Bertz CT molecular complexity index is 598. The molecule has 0 bridgehead atoms. The van der Waals surface area contributed by atoms with Crippen molar-refractivity contribution in [2.75, 3.05) is 0 Å². The highest BCUT2D eigenvalue weighted by Gasteiger charge is 2.12. The standard InChI is InChI=1S/C14H11ClFNO/c15-10-4-1-3-9(7-10)11-5-2-6-13(16)12(11)8-14(17)18/h1-7H,8H2,(H2,17,18). The molecule has 0 aromatic heterocycles. The first kappa shape index (κ1) is 12.6. The van der Waals surface area contributed by atoms with Gasteiger partial charge in [-0.05, 0) is 29.3 Å². The third-order valence-electron chi connectivity index (χ3n) is 2.61. The van der Waals surface area contributed by atoms with E-state index < -0.39 is 11.7 Å². The Morgan fingerprint density at radius 3 is 2.61 bits per heavy atom. The van der Waals surface area contributed by atoms with Gasteiger partial charge in [0.25, 0.3) is 0 Å². The normalized spacial score (nSPS) is 10.3. The van der Waals surface area contributed by atoms with Gasteiger partial charge >= 0.3 is 0 Å². The first-order valence-electron chi connectivity index (χ1n) is 5.39. The van der Waals surface area contributed by atoms with E-state index in [2.05, 4.69) is 0 Å². The van der Waals surface area contributed by atoms with Crippen molar-refractivity contribution in [1.82, 2.24) is 0 Å². The number of carbonyl (C=O) groups is 1. The Morgan fingerprint density at radius 2 is 1.94 bits per heavy atom. The van der Waals surface area contributed by atoms with Crippen molar-refractivity contribution in [3.05, 3.63) is 58.9 Å². The molecule has 2 nitrogen and oxygen atoms in total. The fourth-order valence-electron chi connectivity index (χ4n) is 1.84. The highest BCUT2D eigenvalue weighted by atomic mass is 35.5. The third-order valence-corrected chi connectivity index (χ3v) is 2.84. The van der Waals surface area contributed by atoms with Crippen LogP contribution in [0.1, 0.15) is 5.56 Å². The van der Waals surface area contributed by atoms with Gasteiger partial charge in [0.1, 0.15) is 5.82 Å². The van der Waals surface area contributed by atoms with Crippen molar-refractivity contribution >= 4 is 17.5 Å². The van der Waals surface area contributed by atoms with Crippen molar-refractivity contribution in [2.24, 2.45) is 5.73 Å². The fraction of sp³-hybridized carbons (Fsp3) is 0.0714. The van der Waals surface area contributed by atoms with Crippen LogP contribution in [0.15, 0.2) is 42.5 Å². The van der Waals surface area contributed by atoms with Gasteiger partial charge in [-0.25, -0.2) is 4.39 Å². The van der Waals surface area contributed by atoms with E-state index in [1.807, 2.05) is 6.07 Å². The van der Waals surface area contributed by atoms with Crippen molar-refractivity contribution in [2.45, 2.75) is 6.42 Å². The van der Waals surface area contributed by atoms with Crippen LogP contribution in [0.5, 0.6) is 0 Å². The summed E-state index contributed by atoms with van der Waals surface area (Å²) in [5.41, 5.74) is 6.83. The summed E-state index contributed by atoms with van der Waals surface area (Å²) in [5.74, 6) is -1.00. The highest BCUT2D eigenvalue weighted by molar-refractivity contribution is 6.30. The van der Waals surface area contributed by atoms with Crippen LogP contribution in [0.25, 0.3) is 11.1 Å². The topological polar surface area (TPSA) is 43.1 Å². The van der Waals surface area contributed by atoms with Crippen molar-refractivity contribution in [1.29, 1.82) is 0 Å². The Morgan fingerprint density at radius 1 is 1.22 bits per heavy atom. The van der Waals surface area contributed by atoms with E-state index in [4.69, 9.17) is 17.3 Å². The SMILES string of the molecule is NC(=O)Cc1c(F)cccc1-c1cccc(Cl)c1. The predicted molar refractivity (Wildman–Crippen MR) is 69.7 cm³/mol. The van der Waals surface area contributed by atoms with Crippen LogP contribution in [-0.4, -0.2) is 5.91 Å². The molecule has 0 saturated carbocycles. The molecule has 18 heavy (non-hydrogen) atoms. The number of primary amides is 1. The van der Waals surface area contributed by atoms with Gasteiger partial charge in [0.2, 0.25) is 5.91 Å². The monoisotopic (exact) mass is 263 g/mol. The lowest BCUT2D eigenvalue weighted by Gasteiger charge is -2.09. The number of amides is 1. The lowest BCUT2D eigenvalue weighted by Crippen LogP contribution is -2.15. The quantitative estimate of drug-likeness (QED) is 0.908. The molecular weight excluding hydrogens is 253 g/mol. The van der Waals surface area contributed by atoms with E-state index in [0.29, 0.717) is 16.1 Å². The van der Waals surface area contributed by atoms with Crippen LogP contribution in [-0.2, 0) is 11.2 Å². The highest BCUT2D eigenvalue weighted by Crippen LogP contribution is 2.28. The van der Waals surface area contributed by atoms with Crippen LogP contribution in [0.2, 0.25) is 5.02 Å². The molecule has 0 heterocycles. The molecular formula is C14H11ClFNO. The minimum atomic E-state index is -0.566. The molecule has 0 unspecified atom stereocenters. The predicted octanol–water partition coefficient (Wildman–Crippen LogP) is 3.17. The minimum Gasteiger partial charge on any atom is -0.369 e. The number of nitrogens with two attached hydrogens (primary N) is 1. The van der Waals surface area contributed by atoms with Gasteiger partial charge in [-0.15, -0.1) is 0 Å². The number of hydrogen-bond acceptors (Lipinski definition) is 1. The maximum Gasteiger partial charge on any atom is 0.221 e. The van der Waals surface area contributed by atoms with Crippen LogP contribution in [0.4, 0.5) is 4.39 Å². The van der Waals surface area contributed by atoms with E-state index >= 15 is 0 Å². The number of halogens is 2. The molecule has 92 valence electrons. The number of rotatable bonds is 3. The summed E-state index contributed by atoms with van der Waals surface area (Å²) in [5, 5.41) is 0.557.